The number of nitrogen functional groups attached to an aromatic ring is 1. The second-order valence-electron chi connectivity index (χ2n) is 23.6. The average Bonchev–Trinajstić information content (AvgIpc) is 3.99. The number of para-hydroxylation sites is 4. The minimum Gasteiger partial charge on any atom is -0.867 e. The minimum absolute atomic E-state index is 0. The van der Waals surface area contributed by atoms with Crippen molar-refractivity contribution in [3.8, 4) is 0 Å². The van der Waals surface area contributed by atoms with Crippen LogP contribution in [-0.2, 0) is 39.8 Å². The standard InChI is InChI=1S/C29H39N3O3.C23H35N3.C8H12O5.C2H4O2.Na/c1-2-35-28(33)18-26-29(34)32(27-10-6-5-9-25(27)30-26)24-16-21-11-12-22(17-24)31(21)23-14-19-7-3-4-8-20(13-19)15-23;24-22-7-3-4-8-23(22)25-18-14-19-9-10-20(15-18)26(19)21-12-16-5-1-2-6-17(11-16)13-21;1-3-12-7(10)5-6(9)8(11)13-4-2;1-2(3)4;/h5-6,9-10,19-24H,2-4,7-8,11-18H2,1H3;3-4,7-8,16-21,25H,1-2,5-6,9-15,24H2;5,9H,3-4H2,1-2H3;1H3,(H,3,4);/q;;;;+1/p-1/b;;6-5-;;/t19?,20?,21-,22+,23?,24?;16?,17?,18?,19-,20+,21?;;;. The Labute approximate surface area is 490 Å². The molecule has 0 amide bonds. The van der Waals surface area contributed by atoms with Crippen LogP contribution in [0.2, 0.25) is 0 Å². The molecule has 3 aromatic rings. The molecule has 4 aliphatic heterocycles. The number of rotatable bonds is 12. The number of fused-ring (bicyclic) bond motifs is 9. The molecule has 6 unspecified atom stereocenters. The summed E-state index contributed by atoms with van der Waals surface area (Å²) < 4.78 is 15.9. The summed E-state index contributed by atoms with van der Waals surface area (Å²) in [6.07, 6.45) is 31.0. The number of carboxylic acid groups (broad SMARTS) is 1. The first-order valence-electron chi connectivity index (χ1n) is 29.9. The van der Waals surface area contributed by atoms with E-state index >= 15 is 0 Å². The summed E-state index contributed by atoms with van der Waals surface area (Å²) in [5.41, 5.74) is 10.1. The number of benzene rings is 2. The van der Waals surface area contributed by atoms with Gasteiger partial charge in [-0.25, -0.2) is 14.6 Å². The van der Waals surface area contributed by atoms with Crippen LogP contribution in [0.1, 0.15) is 181 Å². The first kappa shape index (κ1) is 62.1. The van der Waals surface area contributed by atoms with Crippen LogP contribution in [0.5, 0.6) is 0 Å². The molecule has 4 aliphatic carbocycles. The zero-order chi connectivity index (χ0) is 55.3. The van der Waals surface area contributed by atoms with Crippen molar-refractivity contribution in [2.45, 2.75) is 224 Å². The molecule has 0 spiro atoms. The fraction of sp³-hybridized carbons (Fsp3) is 0.677. The van der Waals surface area contributed by atoms with E-state index in [9.17, 15) is 24.3 Å². The van der Waals surface area contributed by atoms with Gasteiger partial charge in [0, 0.05) is 61.3 Å². The molecule has 1 aromatic heterocycles. The van der Waals surface area contributed by atoms with Gasteiger partial charge >= 0.3 is 47.5 Å². The third kappa shape index (κ3) is 16.6. The minimum atomic E-state index is -1.05. The molecule has 2 aromatic carbocycles. The fourth-order valence-corrected chi connectivity index (χ4v) is 15.6. The maximum Gasteiger partial charge on any atom is 1.00 e. The summed E-state index contributed by atoms with van der Waals surface area (Å²) in [7, 11) is 0. The summed E-state index contributed by atoms with van der Waals surface area (Å²) in [5, 5.41) is 22.0. The number of carbonyl (C=O) groups is 4. The van der Waals surface area contributed by atoms with E-state index in [-0.39, 0.29) is 66.8 Å². The Morgan fingerprint density at radius 3 is 1.61 bits per heavy atom. The number of piperidine rings is 2. The van der Waals surface area contributed by atoms with E-state index in [0.29, 0.717) is 36.5 Å². The quantitative estimate of drug-likeness (QED) is 0.0440. The van der Waals surface area contributed by atoms with E-state index in [1.54, 1.807) is 20.8 Å². The van der Waals surface area contributed by atoms with Gasteiger partial charge in [0.1, 0.15) is 5.69 Å². The SMILES string of the molecule is CC(=O)O.CCOC(=O)/C=C(\[O-])C(=O)OCC.CCOC(=O)Cc1nc2ccccc2n(C2C[C@H]3CC[C@@H](C2)N3C2CC3CCCCC(C3)C2)c1=O.Nc1ccccc1NC1C[C@H]2CC[C@@H](C1)N2C1CC2CCCCC(C2)C1.[Na+]. The van der Waals surface area contributed by atoms with Crippen molar-refractivity contribution >= 4 is 46.3 Å². The Balaban J connectivity index is 0.000000180. The molecule has 4 saturated carbocycles. The van der Waals surface area contributed by atoms with Crippen LogP contribution in [-0.4, -0.2) is 110 Å². The Bertz CT molecular complexity index is 2530. The van der Waals surface area contributed by atoms with Gasteiger partial charge < -0.3 is 40.0 Å². The van der Waals surface area contributed by atoms with Crippen molar-refractivity contribution in [2.75, 3.05) is 30.9 Å². The normalized spacial score (nSPS) is 29.9. The van der Waals surface area contributed by atoms with Crippen LogP contribution >= 0.6 is 0 Å². The third-order valence-electron chi connectivity index (χ3n) is 18.3. The predicted molar refractivity (Wildman–Crippen MR) is 300 cm³/mol. The first-order chi connectivity index (χ1) is 37.7. The second kappa shape index (κ2) is 30.0. The Morgan fingerprint density at radius 2 is 1.11 bits per heavy atom. The number of nitrogens with one attached hydrogen (secondary N) is 1. The van der Waals surface area contributed by atoms with Crippen LogP contribution < -0.4 is 51.3 Å². The summed E-state index contributed by atoms with van der Waals surface area (Å²) in [5.74, 6) is -0.184. The number of aromatic nitrogens is 2. The fourth-order valence-electron chi connectivity index (χ4n) is 15.6. The van der Waals surface area contributed by atoms with Crippen molar-refractivity contribution in [1.29, 1.82) is 0 Å². The number of anilines is 2. The van der Waals surface area contributed by atoms with Gasteiger partial charge in [-0.05, 0) is 164 Å². The smallest absolute Gasteiger partial charge is 0.867 e. The molecule has 4 N–H and O–H groups in total. The van der Waals surface area contributed by atoms with Gasteiger partial charge in [0.15, 0.2) is 0 Å². The molecule has 79 heavy (non-hydrogen) atoms. The van der Waals surface area contributed by atoms with Crippen LogP contribution in [0, 0.1) is 23.7 Å². The second-order valence-corrected chi connectivity index (χ2v) is 23.6. The van der Waals surface area contributed by atoms with Crippen LogP contribution in [0.25, 0.3) is 11.0 Å². The van der Waals surface area contributed by atoms with E-state index in [1.165, 1.54) is 128 Å². The van der Waals surface area contributed by atoms with Crippen LogP contribution in [0.4, 0.5) is 11.4 Å². The Hall–Kier alpha value is -4.48. The number of carboxylic acids is 1. The Morgan fingerprint density at radius 1 is 0.646 bits per heavy atom. The predicted octanol–water partition coefficient (Wildman–Crippen LogP) is 6.52. The molecular weight excluding hydrogens is 1010 g/mol. The van der Waals surface area contributed by atoms with Gasteiger partial charge in [0.25, 0.3) is 11.5 Å². The molecular formula is C62H89N6NaO10. The molecule has 8 aliphatic rings. The molecule has 16 nitrogen and oxygen atoms in total. The third-order valence-corrected chi connectivity index (χ3v) is 18.3. The molecule has 10 atom stereocenters. The summed E-state index contributed by atoms with van der Waals surface area (Å²) in [4.78, 5) is 66.7. The van der Waals surface area contributed by atoms with E-state index in [2.05, 4.69) is 41.7 Å². The molecule has 5 heterocycles. The number of nitrogens with two attached hydrogens (primary N) is 1. The van der Waals surface area contributed by atoms with Gasteiger partial charge in [0.05, 0.1) is 48.6 Å². The molecule has 4 saturated heterocycles. The van der Waals surface area contributed by atoms with Gasteiger partial charge in [-0.1, -0.05) is 75.6 Å². The number of esters is 3. The number of carbonyl (C=O) groups excluding carboxylic acids is 3. The van der Waals surface area contributed by atoms with Crippen molar-refractivity contribution in [2.24, 2.45) is 23.7 Å². The molecule has 428 valence electrons. The largest absolute Gasteiger partial charge is 1.00 e. The molecule has 17 heteroatoms. The number of hydrogen-bond acceptors (Lipinski definition) is 14. The average molecular weight is 1100 g/mol. The topological polar surface area (TPSA) is 219 Å². The maximum absolute atomic E-state index is 13.7. The molecule has 11 rings (SSSR count). The Kier molecular flexibility index (Phi) is 23.6. The number of nitrogens with zero attached hydrogens (tertiary/aromatic N) is 4. The molecule has 8 bridgehead atoms. The maximum atomic E-state index is 13.7. The van der Waals surface area contributed by atoms with Gasteiger partial charge in [-0.3, -0.25) is 24.2 Å². The van der Waals surface area contributed by atoms with Gasteiger partial charge in [-0.15, -0.1) is 0 Å². The number of ether oxygens (including phenoxy) is 3. The van der Waals surface area contributed by atoms with E-state index in [4.69, 9.17) is 20.4 Å². The van der Waals surface area contributed by atoms with Crippen molar-refractivity contribution < 1.29 is 73.2 Å². The first-order valence-corrected chi connectivity index (χ1v) is 29.9. The van der Waals surface area contributed by atoms with E-state index in [1.807, 2.05) is 41.0 Å². The summed E-state index contributed by atoms with van der Waals surface area (Å²) in [6, 6.07) is 21.3. The monoisotopic (exact) mass is 1100 g/mol. The van der Waals surface area contributed by atoms with Crippen molar-refractivity contribution in [3.63, 3.8) is 0 Å². The van der Waals surface area contributed by atoms with Crippen molar-refractivity contribution in [3.05, 3.63) is 76.4 Å². The molecule has 8 fully saturated rings. The zero-order valence-corrected chi connectivity index (χ0v) is 50.0. The van der Waals surface area contributed by atoms with Crippen molar-refractivity contribution in [1.82, 2.24) is 19.4 Å². The van der Waals surface area contributed by atoms with Crippen LogP contribution in [0.3, 0.4) is 0 Å². The van der Waals surface area contributed by atoms with Gasteiger partial charge in [0.2, 0.25) is 0 Å². The number of hydrogen-bond donors (Lipinski definition) is 3. The summed E-state index contributed by atoms with van der Waals surface area (Å²) in [6.45, 7) is 6.60. The van der Waals surface area contributed by atoms with Gasteiger partial charge in [-0.2, -0.15) is 0 Å². The van der Waals surface area contributed by atoms with Crippen LogP contribution in [0.15, 0.2) is 65.2 Å². The molecule has 0 radical (unpaired) electrons. The summed E-state index contributed by atoms with van der Waals surface area (Å²) >= 11 is 0. The van der Waals surface area contributed by atoms with E-state index in [0.717, 1.165) is 90.0 Å². The van der Waals surface area contributed by atoms with E-state index < -0.39 is 23.7 Å². The number of aliphatic carboxylic acids is 1. The zero-order valence-electron chi connectivity index (χ0n) is 48.0.